The van der Waals surface area contributed by atoms with Crippen LogP contribution in [0.15, 0.2) is 46.9 Å². The summed E-state index contributed by atoms with van der Waals surface area (Å²) in [4.78, 5) is 11.5. The minimum atomic E-state index is -0.00840. The fraction of sp³-hybridized carbons (Fsp3) is 0.188. The predicted octanol–water partition coefficient (Wildman–Crippen LogP) is 4.00. The number of nitrogens with one attached hydrogen (secondary N) is 2. The van der Waals surface area contributed by atoms with Gasteiger partial charge in [-0.1, -0.05) is 51.8 Å². The van der Waals surface area contributed by atoms with Crippen molar-refractivity contribution in [1.29, 1.82) is 0 Å². The molecule has 0 bridgehead atoms. The zero-order valence-electron chi connectivity index (χ0n) is 11.6. The van der Waals surface area contributed by atoms with Crippen LogP contribution in [0.4, 0.5) is 5.69 Å². The Morgan fingerprint density at radius 1 is 1.19 bits per heavy atom. The molecule has 2 aromatic carbocycles. The number of anilines is 1. The Hall–Kier alpha value is -1.52. The molecule has 0 aromatic heterocycles. The van der Waals surface area contributed by atoms with Crippen molar-refractivity contribution in [1.82, 2.24) is 5.32 Å². The number of carbonyl (C=O) groups is 1. The molecule has 0 aliphatic carbocycles. The van der Waals surface area contributed by atoms with E-state index < -0.39 is 0 Å². The van der Waals surface area contributed by atoms with Crippen LogP contribution in [0.1, 0.15) is 11.1 Å². The molecule has 0 aliphatic heterocycles. The maximum absolute atomic E-state index is 11.5. The number of hydrogen-bond donors (Lipinski definition) is 2. The molecule has 0 atom stereocenters. The molecule has 0 saturated heterocycles. The average molecular weight is 368 g/mol. The van der Waals surface area contributed by atoms with Crippen molar-refractivity contribution in [2.75, 3.05) is 12.4 Å². The maximum atomic E-state index is 11.5. The Bertz CT molecular complexity index is 646. The fourth-order valence-corrected chi connectivity index (χ4v) is 2.70. The lowest BCUT2D eigenvalue weighted by Gasteiger charge is -2.12. The highest BCUT2D eigenvalue weighted by Gasteiger charge is 2.07. The highest BCUT2D eigenvalue weighted by Crippen LogP contribution is 2.23. The summed E-state index contributed by atoms with van der Waals surface area (Å²) in [6.45, 7) is 0.608. The smallest absolute Gasteiger partial charge is 0.224 e. The molecular formula is C16H16BrClN2O. The van der Waals surface area contributed by atoms with Gasteiger partial charge in [-0.3, -0.25) is 4.79 Å². The van der Waals surface area contributed by atoms with Gasteiger partial charge in [0.05, 0.1) is 6.42 Å². The molecule has 0 saturated carbocycles. The van der Waals surface area contributed by atoms with Crippen LogP contribution in [0.25, 0.3) is 0 Å². The van der Waals surface area contributed by atoms with Crippen LogP contribution in [0.3, 0.4) is 0 Å². The van der Waals surface area contributed by atoms with E-state index in [-0.39, 0.29) is 5.91 Å². The van der Waals surface area contributed by atoms with E-state index in [4.69, 9.17) is 11.6 Å². The molecule has 5 heteroatoms. The lowest BCUT2D eigenvalue weighted by atomic mass is 10.1. The van der Waals surface area contributed by atoms with Gasteiger partial charge in [0.2, 0.25) is 5.91 Å². The van der Waals surface area contributed by atoms with E-state index in [0.29, 0.717) is 18.0 Å². The van der Waals surface area contributed by atoms with Crippen LogP contribution in [-0.2, 0) is 17.8 Å². The monoisotopic (exact) mass is 366 g/mol. The van der Waals surface area contributed by atoms with Crippen LogP contribution in [0.2, 0.25) is 5.02 Å². The lowest BCUT2D eigenvalue weighted by Crippen LogP contribution is -2.20. The van der Waals surface area contributed by atoms with E-state index in [0.717, 1.165) is 21.3 Å². The number of carbonyl (C=O) groups excluding carboxylic acids is 1. The molecule has 110 valence electrons. The van der Waals surface area contributed by atoms with Crippen LogP contribution in [-0.4, -0.2) is 13.0 Å². The van der Waals surface area contributed by atoms with Gasteiger partial charge in [0, 0.05) is 28.8 Å². The van der Waals surface area contributed by atoms with E-state index in [2.05, 4.69) is 26.6 Å². The number of likely N-dealkylation sites (N-methyl/N-ethyl adjacent to an activating group) is 1. The van der Waals surface area contributed by atoms with E-state index in [9.17, 15) is 4.79 Å². The third-order valence-corrected chi connectivity index (χ3v) is 3.98. The van der Waals surface area contributed by atoms with Crippen LogP contribution >= 0.6 is 27.5 Å². The van der Waals surface area contributed by atoms with Crippen molar-refractivity contribution in [3.63, 3.8) is 0 Å². The van der Waals surface area contributed by atoms with Crippen LogP contribution in [0.5, 0.6) is 0 Å². The van der Waals surface area contributed by atoms with Crippen molar-refractivity contribution >= 4 is 39.1 Å². The molecule has 2 rings (SSSR count). The number of hydrogen-bond acceptors (Lipinski definition) is 2. The molecule has 0 aliphatic rings. The Morgan fingerprint density at radius 2 is 1.95 bits per heavy atom. The zero-order chi connectivity index (χ0) is 15.2. The summed E-state index contributed by atoms with van der Waals surface area (Å²) in [5, 5.41) is 6.69. The molecular weight excluding hydrogens is 352 g/mol. The number of amides is 1. The van der Waals surface area contributed by atoms with Crippen LogP contribution < -0.4 is 10.6 Å². The van der Waals surface area contributed by atoms with Crippen molar-refractivity contribution in [3.05, 3.63) is 63.1 Å². The third kappa shape index (κ3) is 4.48. The number of benzene rings is 2. The Balaban J connectivity index is 2.11. The molecule has 3 nitrogen and oxygen atoms in total. The van der Waals surface area contributed by atoms with Gasteiger partial charge in [0.1, 0.15) is 0 Å². The Kier molecular flexibility index (Phi) is 5.65. The minimum Gasteiger partial charge on any atom is -0.381 e. The molecule has 21 heavy (non-hydrogen) atoms. The van der Waals surface area contributed by atoms with Gasteiger partial charge in [0.15, 0.2) is 0 Å². The topological polar surface area (TPSA) is 41.1 Å². The average Bonchev–Trinajstić information content (AvgIpc) is 2.47. The summed E-state index contributed by atoms with van der Waals surface area (Å²) in [5.74, 6) is -0.00840. The minimum absolute atomic E-state index is 0.00840. The van der Waals surface area contributed by atoms with E-state index in [1.54, 1.807) is 7.05 Å². The summed E-state index contributed by atoms with van der Waals surface area (Å²) in [5.41, 5.74) is 2.92. The van der Waals surface area contributed by atoms with Crippen molar-refractivity contribution < 1.29 is 4.79 Å². The van der Waals surface area contributed by atoms with Crippen molar-refractivity contribution in [3.8, 4) is 0 Å². The molecule has 1 amide bonds. The van der Waals surface area contributed by atoms with Gasteiger partial charge < -0.3 is 10.6 Å². The zero-order valence-corrected chi connectivity index (χ0v) is 14.0. The van der Waals surface area contributed by atoms with E-state index >= 15 is 0 Å². The Morgan fingerprint density at radius 3 is 2.67 bits per heavy atom. The summed E-state index contributed by atoms with van der Waals surface area (Å²) in [6.07, 6.45) is 0.355. The highest BCUT2D eigenvalue weighted by atomic mass is 79.9. The first-order chi connectivity index (χ1) is 10.1. The summed E-state index contributed by atoms with van der Waals surface area (Å²) >= 11 is 9.60. The van der Waals surface area contributed by atoms with Gasteiger partial charge in [-0.15, -0.1) is 0 Å². The molecule has 0 spiro atoms. The Labute approximate surface area is 137 Å². The second-order valence-electron chi connectivity index (χ2n) is 4.60. The predicted molar refractivity (Wildman–Crippen MR) is 90.7 cm³/mol. The second-order valence-corrected chi connectivity index (χ2v) is 5.92. The first kappa shape index (κ1) is 15.9. The molecule has 0 heterocycles. The van der Waals surface area contributed by atoms with E-state index in [1.807, 2.05) is 42.5 Å². The lowest BCUT2D eigenvalue weighted by molar-refractivity contribution is -0.119. The first-order valence-corrected chi connectivity index (χ1v) is 7.73. The van der Waals surface area contributed by atoms with Crippen molar-refractivity contribution in [2.45, 2.75) is 13.0 Å². The SMILES string of the molecule is CNC(=O)Cc1ccccc1NCc1ccc(Br)cc1Cl. The normalized spacial score (nSPS) is 10.2. The summed E-state index contributed by atoms with van der Waals surface area (Å²) < 4.78 is 0.955. The number of para-hydroxylation sites is 1. The summed E-state index contributed by atoms with van der Waals surface area (Å²) in [6, 6.07) is 13.6. The van der Waals surface area contributed by atoms with Crippen LogP contribution in [0, 0.1) is 0 Å². The van der Waals surface area contributed by atoms with Gasteiger partial charge >= 0.3 is 0 Å². The second kappa shape index (κ2) is 7.48. The molecule has 0 unspecified atom stereocenters. The standard InChI is InChI=1S/C16H16BrClN2O/c1-19-16(21)8-11-4-2-3-5-15(11)20-10-12-6-7-13(17)9-14(12)18/h2-7,9,20H,8,10H2,1H3,(H,19,21). The maximum Gasteiger partial charge on any atom is 0.224 e. The van der Waals surface area contributed by atoms with E-state index in [1.165, 1.54) is 0 Å². The third-order valence-electron chi connectivity index (χ3n) is 3.13. The summed E-state index contributed by atoms with van der Waals surface area (Å²) in [7, 11) is 1.64. The number of rotatable bonds is 5. The molecule has 0 radical (unpaired) electrons. The van der Waals surface area contributed by atoms with Gasteiger partial charge in [-0.25, -0.2) is 0 Å². The fourth-order valence-electron chi connectivity index (χ4n) is 1.96. The highest BCUT2D eigenvalue weighted by molar-refractivity contribution is 9.10. The number of halogens is 2. The van der Waals surface area contributed by atoms with Gasteiger partial charge in [-0.05, 0) is 29.3 Å². The molecule has 0 fully saturated rings. The van der Waals surface area contributed by atoms with Crippen molar-refractivity contribution in [2.24, 2.45) is 0 Å². The largest absolute Gasteiger partial charge is 0.381 e. The molecule has 2 aromatic rings. The first-order valence-electron chi connectivity index (χ1n) is 6.56. The molecule has 2 N–H and O–H groups in total. The van der Waals surface area contributed by atoms with Gasteiger partial charge in [0.25, 0.3) is 0 Å². The van der Waals surface area contributed by atoms with Gasteiger partial charge in [-0.2, -0.15) is 0 Å². The quantitative estimate of drug-likeness (QED) is 0.838.